The summed E-state index contributed by atoms with van der Waals surface area (Å²) < 4.78 is 16.6. The number of carbonyl (C=O) groups excluding carboxylic acids is 2. The van der Waals surface area contributed by atoms with Crippen LogP contribution in [0.2, 0.25) is 0 Å². The van der Waals surface area contributed by atoms with E-state index in [9.17, 15) is 9.59 Å². The molecule has 9 heteroatoms. The van der Waals surface area contributed by atoms with E-state index in [1.165, 1.54) is 0 Å². The van der Waals surface area contributed by atoms with Gasteiger partial charge in [-0.2, -0.15) is 0 Å². The first-order valence-corrected chi connectivity index (χ1v) is 11.6. The second-order valence-corrected chi connectivity index (χ2v) is 9.10. The lowest BCUT2D eigenvalue weighted by Gasteiger charge is -2.22. The quantitative estimate of drug-likeness (QED) is 0.169. The molecule has 0 saturated carbocycles. The molecule has 194 valence electrons. The van der Waals surface area contributed by atoms with Crippen molar-refractivity contribution in [3.8, 4) is 5.75 Å². The van der Waals surface area contributed by atoms with Gasteiger partial charge in [-0.1, -0.05) is 60.7 Å². The summed E-state index contributed by atoms with van der Waals surface area (Å²) in [5.41, 5.74) is 1.37. The molecular formula is C28H31N3O6. The molecule has 0 saturated heterocycles. The van der Waals surface area contributed by atoms with Gasteiger partial charge in [-0.05, 0) is 56.2 Å². The number of hydrogen-bond acceptors (Lipinski definition) is 8. The molecule has 0 fully saturated rings. The van der Waals surface area contributed by atoms with E-state index in [4.69, 9.17) is 30.4 Å². The van der Waals surface area contributed by atoms with Crippen molar-refractivity contribution in [1.82, 2.24) is 5.32 Å². The highest BCUT2D eigenvalue weighted by molar-refractivity contribution is 6.04. The zero-order chi connectivity index (χ0) is 26.8. The van der Waals surface area contributed by atoms with Crippen LogP contribution in [-0.2, 0) is 19.1 Å². The van der Waals surface area contributed by atoms with E-state index in [1.807, 2.05) is 60.7 Å². The monoisotopic (exact) mass is 505 g/mol. The molecule has 3 aromatic carbocycles. The zero-order valence-electron chi connectivity index (χ0n) is 21.0. The number of hydrogen-bond donors (Lipinski definition) is 3. The molecule has 0 aliphatic heterocycles. The number of esters is 1. The Kier molecular flexibility index (Phi) is 9.37. The van der Waals surface area contributed by atoms with Crippen LogP contribution in [-0.4, -0.2) is 36.2 Å². The highest BCUT2D eigenvalue weighted by Crippen LogP contribution is 2.26. The Morgan fingerprint density at radius 1 is 0.892 bits per heavy atom. The van der Waals surface area contributed by atoms with Crippen molar-refractivity contribution in [2.24, 2.45) is 5.90 Å². The number of amidine groups is 1. The molecule has 3 aromatic rings. The number of carbonyl (C=O) groups is 2. The van der Waals surface area contributed by atoms with Gasteiger partial charge in [0.05, 0.1) is 0 Å². The first kappa shape index (κ1) is 27.4. The summed E-state index contributed by atoms with van der Waals surface area (Å²) in [6.07, 6.45) is -2.54. The maximum Gasteiger partial charge on any atom is 0.413 e. The lowest BCUT2D eigenvalue weighted by molar-refractivity contribution is -0.163. The highest BCUT2D eigenvalue weighted by atomic mass is 16.7. The van der Waals surface area contributed by atoms with Crippen LogP contribution >= 0.6 is 0 Å². The molecule has 0 aliphatic rings. The van der Waals surface area contributed by atoms with Gasteiger partial charge < -0.3 is 14.2 Å². The molecule has 1 amide bonds. The third-order valence-corrected chi connectivity index (χ3v) is 5.04. The normalized spacial score (nSPS) is 11.9. The van der Waals surface area contributed by atoms with Gasteiger partial charge in [0.1, 0.15) is 23.8 Å². The molecule has 0 unspecified atom stereocenters. The molecule has 9 nitrogen and oxygen atoms in total. The lowest BCUT2D eigenvalue weighted by atomic mass is 10.0. The Labute approximate surface area is 216 Å². The molecule has 1 atom stereocenters. The summed E-state index contributed by atoms with van der Waals surface area (Å²) in [4.78, 5) is 29.6. The molecule has 4 N–H and O–H groups in total. The highest BCUT2D eigenvalue weighted by Gasteiger charge is 2.27. The number of nitrogens with two attached hydrogens (primary N) is 1. The predicted octanol–water partition coefficient (Wildman–Crippen LogP) is 4.51. The fourth-order valence-electron chi connectivity index (χ4n) is 3.31. The maximum atomic E-state index is 12.9. The number of alkyl carbamates (subject to hydrolysis) is 1. The summed E-state index contributed by atoms with van der Waals surface area (Å²) in [5, 5.41) is 10.4. The van der Waals surface area contributed by atoms with Crippen molar-refractivity contribution in [1.29, 1.82) is 5.41 Å². The van der Waals surface area contributed by atoms with Crippen molar-refractivity contribution in [2.45, 2.75) is 38.6 Å². The van der Waals surface area contributed by atoms with E-state index in [0.717, 1.165) is 11.1 Å². The summed E-state index contributed by atoms with van der Waals surface area (Å²) in [5.74, 6) is 4.99. The van der Waals surface area contributed by atoms with Gasteiger partial charge in [0.25, 0.3) is 0 Å². The van der Waals surface area contributed by atoms with Crippen LogP contribution in [0.1, 0.15) is 43.6 Å². The number of rotatable bonds is 9. The number of ether oxygens (including phenoxy) is 3. The van der Waals surface area contributed by atoms with Crippen molar-refractivity contribution >= 4 is 17.9 Å². The third kappa shape index (κ3) is 8.45. The Hall–Kier alpha value is -4.21. The van der Waals surface area contributed by atoms with Gasteiger partial charge in [0.15, 0.2) is 6.10 Å². The van der Waals surface area contributed by atoms with Gasteiger partial charge in [-0.3, -0.25) is 15.6 Å². The van der Waals surface area contributed by atoms with Crippen LogP contribution in [0.4, 0.5) is 4.79 Å². The average molecular weight is 506 g/mol. The van der Waals surface area contributed by atoms with Gasteiger partial charge in [0, 0.05) is 5.56 Å². The lowest BCUT2D eigenvalue weighted by Crippen LogP contribution is -2.36. The molecule has 37 heavy (non-hydrogen) atoms. The van der Waals surface area contributed by atoms with Gasteiger partial charge in [-0.25, -0.2) is 15.5 Å². The number of nitrogens with one attached hydrogen (secondary N) is 2. The van der Waals surface area contributed by atoms with Crippen LogP contribution in [0, 0.1) is 5.41 Å². The van der Waals surface area contributed by atoms with Crippen molar-refractivity contribution < 1.29 is 28.6 Å². The number of benzene rings is 3. The van der Waals surface area contributed by atoms with Crippen LogP contribution in [0.5, 0.6) is 5.75 Å². The molecule has 0 heterocycles. The van der Waals surface area contributed by atoms with Crippen molar-refractivity contribution in [2.75, 3.05) is 6.61 Å². The minimum atomic E-state index is -1.18. The molecule has 3 rings (SSSR count). The first-order chi connectivity index (χ1) is 17.7. The average Bonchev–Trinajstić information content (AvgIpc) is 2.88. The van der Waals surface area contributed by atoms with Crippen molar-refractivity contribution in [3.05, 3.63) is 102 Å². The van der Waals surface area contributed by atoms with Gasteiger partial charge >= 0.3 is 12.1 Å². The van der Waals surface area contributed by atoms with E-state index in [2.05, 4.69) is 5.32 Å². The third-order valence-electron chi connectivity index (χ3n) is 5.04. The summed E-state index contributed by atoms with van der Waals surface area (Å²) >= 11 is 0. The molecule has 0 bridgehead atoms. The van der Waals surface area contributed by atoms with Crippen molar-refractivity contribution in [3.63, 3.8) is 0 Å². The Morgan fingerprint density at radius 2 is 1.43 bits per heavy atom. The molecule has 0 radical (unpaired) electrons. The molecule has 0 aliphatic carbocycles. The van der Waals surface area contributed by atoms with Gasteiger partial charge in [0.2, 0.25) is 6.10 Å². The summed E-state index contributed by atoms with van der Waals surface area (Å²) in [6.45, 7) is 5.01. The first-order valence-electron chi connectivity index (χ1n) is 11.6. The zero-order valence-corrected chi connectivity index (χ0v) is 21.0. The fourth-order valence-corrected chi connectivity index (χ4v) is 3.31. The Bertz CT molecular complexity index is 1140. The fraction of sp³-hybridized carbons (Fsp3) is 0.250. The second kappa shape index (κ2) is 12.7. The Morgan fingerprint density at radius 3 is 1.92 bits per heavy atom. The Balaban J connectivity index is 1.60. The van der Waals surface area contributed by atoms with Crippen LogP contribution in [0.3, 0.4) is 0 Å². The van der Waals surface area contributed by atoms with E-state index in [1.54, 1.807) is 45.0 Å². The van der Waals surface area contributed by atoms with E-state index in [0.29, 0.717) is 11.3 Å². The van der Waals surface area contributed by atoms with E-state index in [-0.39, 0.29) is 12.4 Å². The molecule has 0 spiro atoms. The predicted molar refractivity (Wildman–Crippen MR) is 138 cm³/mol. The van der Waals surface area contributed by atoms with Crippen LogP contribution < -0.4 is 16.0 Å². The topological polar surface area (TPSA) is 133 Å². The standard InChI is InChI=1S/C28H31N3O6/c1-28(2,3)36-27(33)31-25(29)21-14-16-22(17-15-21)34-18-23(37-30)26(32)35-24(19-10-6-4-7-11-19)20-12-8-5-9-13-20/h4-17,23-24H,18,30H2,1-3H3,(H2,29,31,33)/t23-/m1/s1. The minimum Gasteiger partial charge on any atom is -0.490 e. The van der Waals surface area contributed by atoms with E-state index >= 15 is 0 Å². The second-order valence-electron chi connectivity index (χ2n) is 9.10. The summed E-state index contributed by atoms with van der Waals surface area (Å²) in [6, 6.07) is 25.1. The van der Waals surface area contributed by atoms with Gasteiger partial charge in [-0.15, -0.1) is 0 Å². The SMILES string of the molecule is CC(C)(C)OC(=O)NC(=N)c1ccc(OC[C@@H](ON)C(=O)OC(c2ccccc2)c2ccccc2)cc1. The minimum absolute atomic E-state index is 0.125. The van der Waals surface area contributed by atoms with Crippen LogP contribution in [0.15, 0.2) is 84.9 Å². The maximum absolute atomic E-state index is 12.9. The summed E-state index contributed by atoms with van der Waals surface area (Å²) in [7, 11) is 0. The smallest absolute Gasteiger partial charge is 0.413 e. The number of amides is 1. The molecular weight excluding hydrogens is 474 g/mol. The van der Waals surface area contributed by atoms with E-state index < -0.39 is 29.9 Å². The molecule has 0 aromatic heterocycles. The largest absolute Gasteiger partial charge is 0.490 e. The van der Waals surface area contributed by atoms with Crippen LogP contribution in [0.25, 0.3) is 0 Å².